The van der Waals surface area contributed by atoms with Crippen molar-refractivity contribution in [1.29, 1.82) is 0 Å². The Morgan fingerprint density at radius 2 is 1.96 bits per heavy atom. The van der Waals surface area contributed by atoms with Gasteiger partial charge in [0.05, 0.1) is 4.92 Å². The van der Waals surface area contributed by atoms with Crippen LogP contribution in [-0.4, -0.2) is 24.5 Å². The maximum atomic E-state index is 10.8. The molecule has 144 valence electrons. The number of nitro benzene ring substituents is 1. The molecule has 0 fully saturated rings. The minimum absolute atomic E-state index is 0. The first-order valence-corrected chi connectivity index (χ1v) is 8.13. The molecular formula is C19H23IN4O3. The maximum absolute atomic E-state index is 10.8. The Labute approximate surface area is 175 Å². The van der Waals surface area contributed by atoms with Crippen LogP contribution in [0, 0.1) is 10.1 Å². The van der Waals surface area contributed by atoms with E-state index in [2.05, 4.69) is 22.2 Å². The van der Waals surface area contributed by atoms with Gasteiger partial charge < -0.3 is 15.4 Å². The number of hydrogen-bond donors (Lipinski definition) is 2. The number of benzene rings is 2. The lowest BCUT2D eigenvalue weighted by Gasteiger charge is -2.14. The highest BCUT2D eigenvalue weighted by Gasteiger charge is 2.07. The summed E-state index contributed by atoms with van der Waals surface area (Å²) in [5.74, 6) is 1.38. The molecule has 0 saturated heterocycles. The number of rotatable bonds is 8. The van der Waals surface area contributed by atoms with E-state index in [0.29, 0.717) is 25.7 Å². The number of non-ortho nitro benzene ring substituents is 1. The van der Waals surface area contributed by atoms with Gasteiger partial charge in [0.2, 0.25) is 0 Å². The van der Waals surface area contributed by atoms with Crippen LogP contribution in [0.1, 0.15) is 11.1 Å². The standard InChI is InChI=1S/C19H22N4O3.HI/c1-3-11-26-18-10-5-4-8-16(18)14-22-19(20-2)21-13-15-7-6-9-17(12-15)23(24)25;/h3-10,12H,1,11,13-14H2,2H3,(H2,20,21,22);1H. The first kappa shape index (κ1) is 22.4. The number of aliphatic imine (C=N–C) groups is 1. The van der Waals surface area contributed by atoms with E-state index in [4.69, 9.17) is 4.74 Å². The number of guanidine groups is 1. The number of ether oxygens (including phenoxy) is 1. The van der Waals surface area contributed by atoms with Gasteiger partial charge in [-0.3, -0.25) is 15.1 Å². The van der Waals surface area contributed by atoms with Gasteiger partial charge >= 0.3 is 0 Å². The number of nitrogens with one attached hydrogen (secondary N) is 2. The van der Waals surface area contributed by atoms with E-state index in [9.17, 15) is 10.1 Å². The molecular weight excluding hydrogens is 459 g/mol. The fourth-order valence-electron chi connectivity index (χ4n) is 2.30. The van der Waals surface area contributed by atoms with Gasteiger partial charge in [-0.25, -0.2) is 0 Å². The molecule has 2 aromatic carbocycles. The van der Waals surface area contributed by atoms with Crippen molar-refractivity contribution in [2.45, 2.75) is 13.1 Å². The van der Waals surface area contributed by atoms with Crippen molar-refractivity contribution in [3.63, 3.8) is 0 Å². The molecule has 2 aromatic rings. The third-order valence-corrected chi connectivity index (χ3v) is 3.58. The Balaban J connectivity index is 0.00000364. The van der Waals surface area contributed by atoms with Crippen LogP contribution in [0.3, 0.4) is 0 Å². The summed E-state index contributed by atoms with van der Waals surface area (Å²) in [5.41, 5.74) is 1.87. The largest absolute Gasteiger partial charge is 0.489 e. The fourth-order valence-corrected chi connectivity index (χ4v) is 2.30. The van der Waals surface area contributed by atoms with Gasteiger partial charge in [0.1, 0.15) is 12.4 Å². The van der Waals surface area contributed by atoms with Crippen LogP contribution in [0.5, 0.6) is 5.75 Å². The normalized spacial score (nSPS) is 10.5. The van der Waals surface area contributed by atoms with Gasteiger partial charge in [-0.1, -0.05) is 43.0 Å². The van der Waals surface area contributed by atoms with Crippen LogP contribution in [0.15, 0.2) is 66.2 Å². The minimum Gasteiger partial charge on any atom is -0.489 e. The van der Waals surface area contributed by atoms with Gasteiger partial charge in [-0.05, 0) is 11.6 Å². The predicted octanol–water partition coefficient (Wildman–Crippen LogP) is 3.64. The molecule has 0 spiro atoms. The van der Waals surface area contributed by atoms with Crippen molar-refractivity contribution in [3.05, 3.63) is 82.4 Å². The summed E-state index contributed by atoms with van der Waals surface area (Å²) in [5, 5.41) is 17.2. The average molecular weight is 482 g/mol. The van der Waals surface area contributed by atoms with Crippen LogP contribution < -0.4 is 15.4 Å². The quantitative estimate of drug-likeness (QED) is 0.150. The molecule has 0 atom stereocenters. The highest BCUT2D eigenvalue weighted by Crippen LogP contribution is 2.17. The molecule has 0 bridgehead atoms. The summed E-state index contributed by atoms with van der Waals surface area (Å²) in [6.07, 6.45) is 1.70. The van der Waals surface area contributed by atoms with Crippen molar-refractivity contribution in [2.24, 2.45) is 4.99 Å². The molecule has 27 heavy (non-hydrogen) atoms. The Kier molecular flexibility index (Phi) is 9.88. The molecule has 0 amide bonds. The average Bonchev–Trinajstić information content (AvgIpc) is 2.67. The van der Waals surface area contributed by atoms with E-state index < -0.39 is 4.92 Å². The van der Waals surface area contributed by atoms with Crippen molar-refractivity contribution >= 4 is 35.6 Å². The topological polar surface area (TPSA) is 88.8 Å². The van der Waals surface area contributed by atoms with E-state index in [1.807, 2.05) is 30.3 Å². The highest BCUT2D eigenvalue weighted by atomic mass is 127. The number of para-hydroxylation sites is 1. The van der Waals surface area contributed by atoms with Crippen LogP contribution in [-0.2, 0) is 13.1 Å². The van der Waals surface area contributed by atoms with Crippen LogP contribution in [0.25, 0.3) is 0 Å². The smallest absolute Gasteiger partial charge is 0.269 e. The van der Waals surface area contributed by atoms with Gasteiger partial charge in [0.25, 0.3) is 5.69 Å². The SMILES string of the molecule is C=CCOc1ccccc1CNC(=NC)NCc1cccc([N+](=O)[O-])c1.I. The number of nitrogens with zero attached hydrogens (tertiary/aromatic N) is 2. The van der Waals surface area contributed by atoms with E-state index in [-0.39, 0.29) is 29.7 Å². The second kappa shape index (κ2) is 11.9. The summed E-state index contributed by atoms with van der Waals surface area (Å²) in [6.45, 7) is 5.05. The molecule has 0 aromatic heterocycles. The van der Waals surface area contributed by atoms with Crippen molar-refractivity contribution in [1.82, 2.24) is 10.6 Å². The number of hydrogen-bond acceptors (Lipinski definition) is 4. The summed E-state index contributed by atoms with van der Waals surface area (Å²) < 4.78 is 5.63. The summed E-state index contributed by atoms with van der Waals surface area (Å²) >= 11 is 0. The van der Waals surface area contributed by atoms with Crippen molar-refractivity contribution < 1.29 is 9.66 Å². The molecule has 2 rings (SSSR count). The van der Waals surface area contributed by atoms with E-state index in [0.717, 1.165) is 16.9 Å². The van der Waals surface area contributed by atoms with Crippen LogP contribution in [0.4, 0.5) is 5.69 Å². The third-order valence-electron chi connectivity index (χ3n) is 3.58. The Bertz CT molecular complexity index is 796. The molecule has 0 aliphatic rings. The molecule has 0 radical (unpaired) electrons. The van der Waals surface area contributed by atoms with E-state index in [1.54, 1.807) is 25.3 Å². The molecule has 0 heterocycles. The Hall–Kier alpha value is -2.62. The monoisotopic (exact) mass is 482 g/mol. The lowest BCUT2D eigenvalue weighted by Crippen LogP contribution is -2.36. The van der Waals surface area contributed by atoms with Gasteiger partial charge in [0, 0.05) is 37.8 Å². The van der Waals surface area contributed by atoms with Crippen LogP contribution in [0.2, 0.25) is 0 Å². The summed E-state index contributed by atoms with van der Waals surface area (Å²) in [7, 11) is 1.67. The van der Waals surface area contributed by atoms with Gasteiger partial charge in [-0.15, -0.1) is 24.0 Å². The lowest BCUT2D eigenvalue weighted by atomic mass is 10.2. The summed E-state index contributed by atoms with van der Waals surface area (Å²) in [4.78, 5) is 14.6. The highest BCUT2D eigenvalue weighted by molar-refractivity contribution is 14.0. The second-order valence-corrected chi connectivity index (χ2v) is 5.41. The molecule has 0 unspecified atom stereocenters. The lowest BCUT2D eigenvalue weighted by molar-refractivity contribution is -0.384. The minimum atomic E-state index is -0.406. The second-order valence-electron chi connectivity index (χ2n) is 5.41. The zero-order valence-electron chi connectivity index (χ0n) is 15.1. The predicted molar refractivity (Wildman–Crippen MR) is 118 cm³/mol. The van der Waals surface area contributed by atoms with Crippen LogP contribution >= 0.6 is 24.0 Å². The first-order valence-electron chi connectivity index (χ1n) is 8.13. The number of nitro groups is 1. The van der Waals surface area contributed by atoms with Crippen molar-refractivity contribution in [3.8, 4) is 5.75 Å². The maximum Gasteiger partial charge on any atom is 0.269 e. The van der Waals surface area contributed by atoms with Gasteiger partial charge in [0.15, 0.2) is 5.96 Å². The van der Waals surface area contributed by atoms with Crippen molar-refractivity contribution in [2.75, 3.05) is 13.7 Å². The van der Waals surface area contributed by atoms with Gasteiger partial charge in [-0.2, -0.15) is 0 Å². The Morgan fingerprint density at radius 3 is 2.67 bits per heavy atom. The van der Waals surface area contributed by atoms with E-state index in [1.165, 1.54) is 6.07 Å². The Morgan fingerprint density at radius 1 is 1.22 bits per heavy atom. The summed E-state index contributed by atoms with van der Waals surface area (Å²) in [6, 6.07) is 14.2. The first-order chi connectivity index (χ1) is 12.6. The van der Waals surface area contributed by atoms with E-state index >= 15 is 0 Å². The third kappa shape index (κ3) is 7.26. The zero-order valence-corrected chi connectivity index (χ0v) is 17.4. The molecule has 0 aliphatic carbocycles. The molecule has 7 nitrogen and oxygen atoms in total. The number of halogens is 1. The fraction of sp³-hybridized carbons (Fsp3) is 0.211. The molecule has 8 heteroatoms. The zero-order chi connectivity index (χ0) is 18.8. The molecule has 0 saturated carbocycles. The molecule has 0 aliphatic heterocycles. The molecule has 2 N–H and O–H groups in total.